The van der Waals surface area contributed by atoms with Gasteiger partial charge in [-0.15, -0.1) is 5.10 Å². The molecule has 2 aromatic carbocycles. The lowest BCUT2D eigenvalue weighted by Crippen LogP contribution is -2.75. The number of carboxylic acids is 1. The second kappa shape index (κ2) is 9.13. The molecule has 0 amide bonds. The molecule has 0 aliphatic carbocycles. The van der Waals surface area contributed by atoms with Gasteiger partial charge >= 0.3 is 5.97 Å². The first-order valence-electron chi connectivity index (χ1n) is 9.35. The van der Waals surface area contributed by atoms with Gasteiger partial charge in [0.25, 0.3) is 0 Å². The fraction of sp³-hybridized carbons (Fsp3) is 0.143. The number of carboxylic acid groups (broad SMARTS) is 1. The monoisotopic (exact) mass is 438 g/mol. The fourth-order valence-corrected chi connectivity index (χ4v) is 3.73. The highest BCUT2D eigenvalue weighted by Crippen LogP contribution is 2.36. The largest absolute Gasteiger partial charge is 0.481 e. The Hall–Kier alpha value is -3.47. The molecule has 4 aromatic rings. The van der Waals surface area contributed by atoms with Gasteiger partial charge in [0.2, 0.25) is 5.16 Å². The molecule has 0 fully saturated rings. The van der Waals surface area contributed by atoms with E-state index in [2.05, 4.69) is 20.3 Å². The molecular formula is C21H20N5O4S+. The Morgan fingerprint density at radius 2 is 1.97 bits per heavy atom. The van der Waals surface area contributed by atoms with Crippen molar-refractivity contribution in [3.63, 3.8) is 0 Å². The molecule has 0 atom stereocenters. The predicted molar refractivity (Wildman–Crippen MR) is 114 cm³/mol. The third-order valence-electron chi connectivity index (χ3n) is 4.47. The molecule has 10 heteroatoms. The van der Waals surface area contributed by atoms with E-state index in [4.69, 9.17) is 14.5 Å². The summed E-state index contributed by atoms with van der Waals surface area (Å²) < 4.78 is 5.52. The van der Waals surface area contributed by atoms with Crippen LogP contribution in [0.25, 0.3) is 33.8 Å². The molecule has 0 radical (unpaired) electrons. The van der Waals surface area contributed by atoms with E-state index >= 15 is 0 Å². The topological polar surface area (TPSA) is 131 Å². The van der Waals surface area contributed by atoms with Crippen molar-refractivity contribution in [2.75, 3.05) is 12.9 Å². The number of hydrogen-bond donors (Lipinski definition) is 3. The van der Waals surface area contributed by atoms with Crippen LogP contribution >= 0.6 is 11.8 Å². The quantitative estimate of drug-likeness (QED) is 0.217. The van der Waals surface area contributed by atoms with E-state index in [1.165, 1.54) is 0 Å². The van der Waals surface area contributed by atoms with Gasteiger partial charge in [-0.3, -0.25) is 9.89 Å². The lowest BCUT2D eigenvalue weighted by molar-refractivity contribution is -0.830. The van der Waals surface area contributed by atoms with Crippen molar-refractivity contribution >= 4 is 23.4 Å². The summed E-state index contributed by atoms with van der Waals surface area (Å²) in [5.41, 5.74) is 6.68. The number of nitrogens with one attached hydrogen (secondary N) is 1. The Morgan fingerprint density at radius 1 is 1.19 bits per heavy atom. The number of nitrogens with two attached hydrogens (primary N) is 1. The zero-order valence-electron chi connectivity index (χ0n) is 16.8. The molecule has 0 unspecified atom stereocenters. The second-order valence-electron chi connectivity index (χ2n) is 6.67. The van der Waals surface area contributed by atoms with Gasteiger partial charge in [0, 0.05) is 23.3 Å². The number of aromatic nitrogens is 4. The van der Waals surface area contributed by atoms with Crippen LogP contribution in [0.15, 0.2) is 58.2 Å². The summed E-state index contributed by atoms with van der Waals surface area (Å²) in [6, 6.07) is 15.7. The number of hydrogen-bond acceptors (Lipinski definition) is 7. The van der Waals surface area contributed by atoms with Crippen LogP contribution in [0.5, 0.6) is 0 Å². The number of H-pyrrole nitrogens is 1. The molecule has 0 saturated heterocycles. The second-order valence-corrected chi connectivity index (χ2v) is 7.62. The standard InChI is InChI=1S/C21H19N5O4S/c1-12-18(19(26-30-12)13-6-4-3-5-7-13)14-8-15(10-16(9-14)25-29-2)20-22-21(24-23-20)31-11-17(27)28/h3-10,25H,11H2,1-2H3,(H,27,28)(H,22,23,24)/p+1. The molecule has 31 heavy (non-hydrogen) atoms. The molecule has 0 aliphatic heterocycles. The summed E-state index contributed by atoms with van der Waals surface area (Å²) in [5, 5.41) is 20.5. The van der Waals surface area contributed by atoms with E-state index in [1.54, 1.807) is 12.6 Å². The molecule has 158 valence electrons. The number of thioether (sulfide) groups is 1. The van der Waals surface area contributed by atoms with Gasteiger partial charge < -0.3 is 9.63 Å². The molecule has 0 saturated carbocycles. The average molecular weight is 438 g/mol. The van der Waals surface area contributed by atoms with Crippen molar-refractivity contribution in [1.29, 1.82) is 0 Å². The minimum atomic E-state index is -0.924. The first kappa shape index (κ1) is 20.8. The maximum atomic E-state index is 10.8. The van der Waals surface area contributed by atoms with Crippen LogP contribution in [0.1, 0.15) is 5.76 Å². The zero-order valence-corrected chi connectivity index (χ0v) is 17.6. The smallest absolute Gasteiger partial charge is 0.313 e. The van der Waals surface area contributed by atoms with Gasteiger partial charge in [0.05, 0.1) is 18.4 Å². The molecular weight excluding hydrogens is 418 g/mol. The van der Waals surface area contributed by atoms with Crippen LogP contribution in [-0.4, -0.2) is 44.3 Å². The van der Waals surface area contributed by atoms with Gasteiger partial charge in [0.15, 0.2) is 11.5 Å². The number of aromatic amines is 1. The average Bonchev–Trinajstić information content (AvgIpc) is 3.40. The Morgan fingerprint density at radius 3 is 2.71 bits per heavy atom. The molecule has 0 spiro atoms. The molecule has 0 aliphatic rings. The van der Waals surface area contributed by atoms with E-state index in [1.807, 2.05) is 55.5 Å². The number of aryl methyl sites for hydroxylation is 1. The minimum absolute atomic E-state index is 0.111. The fourth-order valence-electron chi connectivity index (χ4n) is 3.21. The lowest BCUT2D eigenvalue weighted by atomic mass is 9.97. The Kier molecular flexibility index (Phi) is 6.12. The summed E-state index contributed by atoms with van der Waals surface area (Å²) in [6.45, 7) is 1.87. The third kappa shape index (κ3) is 4.66. The van der Waals surface area contributed by atoms with Crippen molar-refractivity contribution in [3.8, 4) is 33.8 Å². The maximum absolute atomic E-state index is 10.8. The van der Waals surface area contributed by atoms with Crippen molar-refractivity contribution in [2.24, 2.45) is 0 Å². The predicted octanol–water partition coefficient (Wildman–Crippen LogP) is 3.04. The van der Waals surface area contributed by atoms with Crippen molar-refractivity contribution in [1.82, 2.24) is 20.3 Å². The number of nitrogens with zero attached hydrogens (tertiary/aromatic N) is 3. The normalized spacial score (nSPS) is 11.0. The summed E-state index contributed by atoms with van der Waals surface area (Å²) >= 11 is 1.05. The number of rotatable bonds is 8. The molecule has 2 heterocycles. The van der Waals surface area contributed by atoms with E-state index < -0.39 is 5.97 Å². The molecule has 2 aromatic heterocycles. The van der Waals surface area contributed by atoms with Gasteiger partial charge in [-0.05, 0) is 18.6 Å². The Bertz CT molecular complexity index is 1210. The zero-order chi connectivity index (χ0) is 21.8. The Balaban J connectivity index is 1.78. The highest BCUT2D eigenvalue weighted by Gasteiger charge is 2.20. The van der Waals surface area contributed by atoms with Crippen LogP contribution in [0.3, 0.4) is 0 Å². The maximum Gasteiger partial charge on any atom is 0.313 e. The summed E-state index contributed by atoms with van der Waals surface area (Å²) in [6.07, 6.45) is 0. The number of benzene rings is 2. The van der Waals surface area contributed by atoms with Crippen LogP contribution in [0, 0.1) is 6.92 Å². The van der Waals surface area contributed by atoms with Gasteiger partial charge in [-0.25, -0.2) is 9.82 Å². The van der Waals surface area contributed by atoms with E-state index in [9.17, 15) is 4.79 Å². The third-order valence-corrected chi connectivity index (χ3v) is 5.30. The summed E-state index contributed by atoms with van der Waals surface area (Å²) in [4.78, 5) is 20.4. The van der Waals surface area contributed by atoms with Gasteiger partial charge in [0.1, 0.15) is 11.5 Å². The number of aliphatic carboxylic acids is 1. The van der Waals surface area contributed by atoms with Crippen LogP contribution < -0.4 is 5.48 Å². The van der Waals surface area contributed by atoms with Crippen molar-refractivity contribution in [2.45, 2.75) is 12.1 Å². The highest BCUT2D eigenvalue weighted by molar-refractivity contribution is 7.99. The van der Waals surface area contributed by atoms with Crippen molar-refractivity contribution in [3.05, 3.63) is 54.3 Å². The van der Waals surface area contributed by atoms with Gasteiger partial charge in [-0.2, -0.15) is 5.48 Å². The lowest BCUT2D eigenvalue weighted by Gasteiger charge is -2.07. The summed E-state index contributed by atoms with van der Waals surface area (Å²) in [7, 11) is 1.58. The first-order chi connectivity index (χ1) is 15.0. The van der Waals surface area contributed by atoms with Gasteiger partial charge in [-0.1, -0.05) is 47.3 Å². The minimum Gasteiger partial charge on any atom is -0.481 e. The Labute approximate surface area is 181 Å². The van der Waals surface area contributed by atoms with E-state index in [-0.39, 0.29) is 5.75 Å². The number of quaternary nitrogens is 1. The van der Waals surface area contributed by atoms with Crippen molar-refractivity contribution < 1.29 is 24.7 Å². The van der Waals surface area contributed by atoms with Crippen LogP contribution in [0.4, 0.5) is 5.69 Å². The summed E-state index contributed by atoms with van der Waals surface area (Å²) in [5.74, 6) is 0.178. The molecule has 4 N–H and O–H groups in total. The van der Waals surface area contributed by atoms with Crippen LogP contribution in [-0.2, 0) is 9.63 Å². The van der Waals surface area contributed by atoms with E-state index in [0.717, 1.165) is 45.4 Å². The number of carbonyl (C=O) groups is 1. The SMILES string of the molecule is CO[NH2+]c1cc(-c2nc(SCC(=O)O)n[nH]2)cc(-c2c(-c3ccccc3)noc2C)c1. The van der Waals surface area contributed by atoms with Crippen LogP contribution in [0.2, 0.25) is 0 Å². The van der Waals surface area contributed by atoms with E-state index in [0.29, 0.717) is 16.7 Å². The highest BCUT2D eigenvalue weighted by atomic mass is 32.2. The molecule has 4 rings (SSSR count). The molecule has 9 nitrogen and oxygen atoms in total. The first-order valence-corrected chi connectivity index (χ1v) is 10.3. The molecule has 0 bridgehead atoms.